The molecule has 0 aromatic heterocycles. The standard InChI is InChI=1S/C26H42O5S2/c1-25(2,17-27)13-7-5-9-18-15-21(29)23(32-18)12-11-19-16-20(28)22(33-19)10-6-8-14-26(3,4)24(30)31/h11-12,18-19,22-23,27H,5-10,13-17H2,1-4H3,(H,30,31). The van der Waals surface area contributed by atoms with E-state index in [1.165, 1.54) is 0 Å². The van der Waals surface area contributed by atoms with E-state index in [0.717, 1.165) is 44.9 Å². The summed E-state index contributed by atoms with van der Waals surface area (Å²) < 4.78 is 0. The predicted molar refractivity (Wildman–Crippen MR) is 138 cm³/mol. The normalized spacial score (nSPS) is 26.6. The average molecular weight is 499 g/mol. The van der Waals surface area contributed by atoms with Gasteiger partial charge < -0.3 is 10.2 Å². The van der Waals surface area contributed by atoms with Crippen molar-refractivity contribution in [2.45, 2.75) is 113 Å². The molecule has 0 saturated carbocycles. The maximum Gasteiger partial charge on any atom is 0.309 e. The molecule has 0 bridgehead atoms. The summed E-state index contributed by atoms with van der Waals surface area (Å²) in [6.07, 6.45) is 12.6. The lowest BCUT2D eigenvalue weighted by Crippen LogP contribution is -2.23. The number of hydrogen-bond acceptors (Lipinski definition) is 6. The van der Waals surface area contributed by atoms with Crippen molar-refractivity contribution < 1.29 is 24.6 Å². The molecular weight excluding hydrogens is 456 g/mol. The number of carbonyl (C=O) groups is 3. The van der Waals surface area contributed by atoms with E-state index in [2.05, 4.69) is 19.9 Å². The van der Waals surface area contributed by atoms with Crippen molar-refractivity contribution in [2.75, 3.05) is 6.61 Å². The summed E-state index contributed by atoms with van der Waals surface area (Å²) in [5.74, 6) is -0.198. The molecule has 7 heteroatoms. The minimum absolute atomic E-state index is 0.00422. The van der Waals surface area contributed by atoms with Crippen LogP contribution in [0, 0.1) is 10.8 Å². The largest absolute Gasteiger partial charge is 0.481 e. The second-order valence-electron chi connectivity index (χ2n) is 11.1. The van der Waals surface area contributed by atoms with Gasteiger partial charge in [0.2, 0.25) is 0 Å². The zero-order chi connectivity index (χ0) is 24.6. The molecule has 0 aromatic carbocycles. The predicted octanol–water partition coefficient (Wildman–Crippen LogP) is 5.68. The number of carboxylic acids is 1. The van der Waals surface area contributed by atoms with Crippen molar-refractivity contribution in [3.8, 4) is 0 Å². The van der Waals surface area contributed by atoms with Crippen molar-refractivity contribution in [3.63, 3.8) is 0 Å². The van der Waals surface area contributed by atoms with E-state index in [1.807, 2.05) is 6.08 Å². The van der Waals surface area contributed by atoms with Crippen LogP contribution in [-0.4, -0.2) is 55.4 Å². The number of aliphatic carboxylic acids is 1. The van der Waals surface area contributed by atoms with Crippen LogP contribution in [0.25, 0.3) is 0 Å². The van der Waals surface area contributed by atoms with Crippen molar-refractivity contribution in [1.82, 2.24) is 0 Å². The fourth-order valence-corrected chi connectivity index (χ4v) is 7.11. The molecule has 4 unspecified atom stereocenters. The number of carbonyl (C=O) groups excluding carboxylic acids is 2. The number of hydrogen-bond donors (Lipinski definition) is 2. The molecule has 2 rings (SSSR count). The molecule has 2 saturated heterocycles. The Labute approximate surface area is 207 Å². The third-order valence-corrected chi connectivity index (χ3v) is 9.84. The summed E-state index contributed by atoms with van der Waals surface area (Å²) in [6.45, 7) is 7.87. The first-order chi connectivity index (χ1) is 15.4. The Kier molecular flexibility index (Phi) is 11.0. The molecule has 33 heavy (non-hydrogen) atoms. The summed E-state index contributed by atoms with van der Waals surface area (Å²) in [6, 6.07) is 0. The Balaban J connectivity index is 1.69. The van der Waals surface area contributed by atoms with E-state index in [4.69, 9.17) is 0 Å². The quantitative estimate of drug-likeness (QED) is 0.235. The fraction of sp³-hybridized carbons (Fsp3) is 0.808. The number of Topliss-reactive ketones (excluding diaryl/α,β-unsaturated/α-hetero) is 2. The average Bonchev–Trinajstić information content (AvgIpc) is 3.28. The topological polar surface area (TPSA) is 91.7 Å². The van der Waals surface area contributed by atoms with E-state index in [0.29, 0.717) is 30.3 Å². The molecule has 188 valence electrons. The molecular formula is C26H42O5S2. The van der Waals surface area contributed by atoms with Gasteiger partial charge in [0.1, 0.15) is 5.78 Å². The van der Waals surface area contributed by atoms with Crippen LogP contribution in [0.5, 0.6) is 0 Å². The summed E-state index contributed by atoms with van der Waals surface area (Å²) in [7, 11) is 0. The third kappa shape index (κ3) is 9.41. The maximum absolute atomic E-state index is 12.4. The van der Waals surface area contributed by atoms with Crippen LogP contribution in [-0.2, 0) is 14.4 Å². The number of carboxylic acid groups (broad SMARTS) is 1. The Morgan fingerprint density at radius 1 is 0.939 bits per heavy atom. The molecule has 2 fully saturated rings. The first-order valence-corrected chi connectivity index (χ1v) is 14.2. The summed E-state index contributed by atoms with van der Waals surface area (Å²) in [5, 5.41) is 19.0. The molecule has 0 aliphatic carbocycles. The molecule has 0 spiro atoms. The number of unbranched alkanes of at least 4 members (excludes halogenated alkanes) is 2. The monoisotopic (exact) mass is 498 g/mol. The van der Waals surface area contributed by atoms with Gasteiger partial charge in [0.15, 0.2) is 5.78 Å². The highest BCUT2D eigenvalue weighted by molar-refractivity contribution is 8.02. The number of aliphatic hydroxyl groups excluding tert-OH is 1. The van der Waals surface area contributed by atoms with Gasteiger partial charge in [-0.1, -0.05) is 51.7 Å². The Morgan fingerprint density at radius 2 is 1.61 bits per heavy atom. The lowest BCUT2D eigenvalue weighted by molar-refractivity contribution is -0.147. The van der Waals surface area contributed by atoms with Crippen LogP contribution in [0.2, 0.25) is 0 Å². The van der Waals surface area contributed by atoms with Gasteiger partial charge in [0, 0.05) is 29.9 Å². The molecule has 5 nitrogen and oxygen atoms in total. The van der Waals surface area contributed by atoms with E-state index < -0.39 is 11.4 Å². The lowest BCUT2D eigenvalue weighted by atomic mass is 9.87. The van der Waals surface area contributed by atoms with Crippen LogP contribution in [0.15, 0.2) is 12.2 Å². The summed E-state index contributed by atoms with van der Waals surface area (Å²) in [5.41, 5.74) is -0.731. The molecule has 0 radical (unpaired) electrons. The zero-order valence-corrected chi connectivity index (χ0v) is 22.3. The third-order valence-electron chi connectivity index (χ3n) is 6.84. The van der Waals surface area contributed by atoms with Crippen LogP contribution in [0.1, 0.15) is 91.9 Å². The van der Waals surface area contributed by atoms with Gasteiger partial charge in [-0.3, -0.25) is 14.4 Å². The van der Waals surface area contributed by atoms with E-state index in [1.54, 1.807) is 37.4 Å². The van der Waals surface area contributed by atoms with E-state index >= 15 is 0 Å². The molecule has 2 aliphatic heterocycles. The number of aliphatic hydroxyl groups is 1. The number of rotatable bonds is 14. The second kappa shape index (κ2) is 12.8. The Morgan fingerprint density at radius 3 is 2.27 bits per heavy atom. The van der Waals surface area contributed by atoms with E-state index in [9.17, 15) is 24.6 Å². The van der Waals surface area contributed by atoms with Crippen LogP contribution in [0.3, 0.4) is 0 Å². The molecule has 0 amide bonds. The number of thioether (sulfide) groups is 2. The summed E-state index contributed by atoms with van der Waals surface area (Å²) >= 11 is 3.46. The van der Waals surface area contributed by atoms with Crippen LogP contribution in [0.4, 0.5) is 0 Å². The second-order valence-corrected chi connectivity index (χ2v) is 14.0. The van der Waals surface area contributed by atoms with Crippen LogP contribution < -0.4 is 0 Å². The van der Waals surface area contributed by atoms with E-state index in [-0.39, 0.29) is 33.6 Å². The summed E-state index contributed by atoms with van der Waals surface area (Å²) in [4.78, 5) is 36.0. The van der Waals surface area contributed by atoms with Gasteiger partial charge in [-0.2, -0.15) is 0 Å². The molecule has 2 N–H and O–H groups in total. The SMILES string of the molecule is CC(C)(CO)CCCCC1CC(=O)C(C=CC2CC(=O)C(CCCCC(C)(C)C(=O)O)S2)S1. The van der Waals surface area contributed by atoms with Gasteiger partial charge in [0.05, 0.1) is 15.9 Å². The minimum atomic E-state index is -0.772. The molecule has 0 aromatic rings. The highest BCUT2D eigenvalue weighted by Gasteiger charge is 2.34. The van der Waals surface area contributed by atoms with Gasteiger partial charge in [-0.05, 0) is 44.9 Å². The lowest BCUT2D eigenvalue weighted by Gasteiger charge is -2.21. The van der Waals surface area contributed by atoms with Crippen molar-refractivity contribution in [3.05, 3.63) is 12.2 Å². The maximum atomic E-state index is 12.4. The van der Waals surface area contributed by atoms with Crippen molar-refractivity contribution >= 4 is 41.1 Å². The highest BCUT2D eigenvalue weighted by Crippen LogP contribution is 2.38. The Bertz CT molecular complexity index is 715. The van der Waals surface area contributed by atoms with Gasteiger partial charge >= 0.3 is 5.97 Å². The molecule has 2 aliphatic rings. The fourth-order valence-electron chi connectivity index (χ4n) is 4.28. The first-order valence-electron chi connectivity index (χ1n) is 12.3. The van der Waals surface area contributed by atoms with Gasteiger partial charge in [0.25, 0.3) is 0 Å². The van der Waals surface area contributed by atoms with Gasteiger partial charge in [-0.15, -0.1) is 23.5 Å². The smallest absolute Gasteiger partial charge is 0.309 e. The van der Waals surface area contributed by atoms with Gasteiger partial charge in [-0.25, -0.2) is 0 Å². The zero-order valence-electron chi connectivity index (χ0n) is 20.7. The van der Waals surface area contributed by atoms with Crippen LogP contribution >= 0.6 is 23.5 Å². The highest BCUT2D eigenvalue weighted by atomic mass is 32.2. The van der Waals surface area contributed by atoms with Crippen molar-refractivity contribution in [2.24, 2.45) is 10.8 Å². The molecule has 2 heterocycles. The Hall–Kier alpha value is -0.790. The molecule has 4 atom stereocenters. The first kappa shape index (κ1) is 28.4. The number of ketones is 2. The minimum Gasteiger partial charge on any atom is -0.481 e. The van der Waals surface area contributed by atoms with Crippen molar-refractivity contribution in [1.29, 1.82) is 0 Å².